The molecule has 0 saturated carbocycles. The van der Waals surface area contributed by atoms with Gasteiger partial charge in [0.2, 0.25) is 0 Å². The molecule has 17 heavy (non-hydrogen) atoms. The first-order chi connectivity index (χ1) is 8.15. The molecule has 0 aliphatic carbocycles. The summed E-state index contributed by atoms with van der Waals surface area (Å²) in [7, 11) is 0. The van der Waals surface area contributed by atoms with E-state index in [0.29, 0.717) is 22.5 Å². The minimum absolute atomic E-state index is 0.481. The van der Waals surface area contributed by atoms with Crippen molar-refractivity contribution in [3.05, 3.63) is 22.8 Å². The average Bonchev–Trinajstić information content (AvgIpc) is 2.78. The molecular formula is C13H16ClN3. The normalized spacial score (nSPS) is 19.7. The van der Waals surface area contributed by atoms with Gasteiger partial charge in [-0.05, 0) is 24.8 Å². The van der Waals surface area contributed by atoms with Crippen molar-refractivity contribution in [3.63, 3.8) is 0 Å². The number of nitriles is 1. The Hall–Kier alpha value is -1.27. The first kappa shape index (κ1) is 12.2. The lowest BCUT2D eigenvalue weighted by atomic mass is 10.0. The van der Waals surface area contributed by atoms with E-state index < -0.39 is 0 Å². The third-order valence-corrected chi connectivity index (χ3v) is 3.70. The van der Waals surface area contributed by atoms with Gasteiger partial charge in [-0.1, -0.05) is 25.4 Å². The van der Waals surface area contributed by atoms with Crippen molar-refractivity contribution >= 4 is 17.4 Å². The number of hydrogen-bond donors (Lipinski definition) is 0. The van der Waals surface area contributed by atoms with E-state index in [9.17, 15) is 0 Å². The second-order valence-electron chi connectivity index (χ2n) is 4.75. The van der Waals surface area contributed by atoms with Crippen LogP contribution in [-0.4, -0.2) is 17.6 Å². The van der Waals surface area contributed by atoms with Gasteiger partial charge in [-0.25, -0.2) is 4.98 Å². The summed E-state index contributed by atoms with van der Waals surface area (Å²) in [6.45, 7) is 5.40. The molecule has 1 aliphatic rings. The van der Waals surface area contributed by atoms with Gasteiger partial charge in [-0.2, -0.15) is 5.26 Å². The molecule has 3 nitrogen and oxygen atoms in total. The lowest BCUT2D eigenvalue weighted by Gasteiger charge is -2.29. The second kappa shape index (κ2) is 4.93. The van der Waals surface area contributed by atoms with Crippen LogP contribution in [0.3, 0.4) is 0 Å². The van der Waals surface area contributed by atoms with E-state index in [4.69, 9.17) is 16.9 Å². The summed E-state index contributed by atoms with van der Waals surface area (Å²) in [5.41, 5.74) is 0.506. The predicted octanol–water partition coefficient (Wildman–Crippen LogP) is 3.23. The molecule has 90 valence electrons. The molecule has 0 aromatic carbocycles. The van der Waals surface area contributed by atoms with E-state index in [1.165, 1.54) is 6.42 Å². The quantitative estimate of drug-likeness (QED) is 0.808. The molecular weight excluding hydrogens is 234 g/mol. The van der Waals surface area contributed by atoms with Gasteiger partial charge in [0.25, 0.3) is 0 Å². The monoisotopic (exact) mass is 249 g/mol. The van der Waals surface area contributed by atoms with E-state index in [2.05, 4.69) is 29.8 Å². The van der Waals surface area contributed by atoms with Gasteiger partial charge in [0, 0.05) is 18.8 Å². The molecule has 0 radical (unpaired) electrons. The maximum atomic E-state index is 8.98. The predicted molar refractivity (Wildman–Crippen MR) is 69.2 cm³/mol. The number of halogens is 1. The van der Waals surface area contributed by atoms with Gasteiger partial charge >= 0.3 is 0 Å². The highest BCUT2D eigenvalue weighted by molar-refractivity contribution is 6.34. The Morgan fingerprint density at radius 2 is 2.35 bits per heavy atom. The number of nitrogens with zero attached hydrogens (tertiary/aromatic N) is 3. The molecule has 0 spiro atoms. The van der Waals surface area contributed by atoms with Crippen LogP contribution in [0.2, 0.25) is 5.02 Å². The Bertz CT molecular complexity index is 450. The second-order valence-corrected chi connectivity index (χ2v) is 5.13. The molecule has 2 rings (SSSR count). The van der Waals surface area contributed by atoms with E-state index in [0.717, 1.165) is 18.8 Å². The molecule has 1 atom stereocenters. The summed E-state index contributed by atoms with van der Waals surface area (Å²) in [6, 6.07) is 4.24. The van der Waals surface area contributed by atoms with Crippen molar-refractivity contribution in [2.75, 3.05) is 11.4 Å². The number of aromatic nitrogens is 1. The molecule has 1 aliphatic heterocycles. The van der Waals surface area contributed by atoms with Crippen LogP contribution < -0.4 is 4.90 Å². The van der Waals surface area contributed by atoms with Crippen molar-refractivity contribution in [1.82, 2.24) is 4.98 Å². The third-order valence-electron chi connectivity index (χ3n) is 3.33. The van der Waals surface area contributed by atoms with Gasteiger partial charge in [0.1, 0.15) is 16.9 Å². The topological polar surface area (TPSA) is 39.9 Å². The van der Waals surface area contributed by atoms with Crippen LogP contribution in [0.25, 0.3) is 0 Å². The third kappa shape index (κ3) is 2.23. The molecule has 2 heterocycles. The van der Waals surface area contributed by atoms with Gasteiger partial charge < -0.3 is 4.90 Å². The summed E-state index contributed by atoms with van der Waals surface area (Å²) in [5.74, 6) is 1.34. The Kier molecular flexibility index (Phi) is 3.54. The van der Waals surface area contributed by atoms with Gasteiger partial charge in [0.15, 0.2) is 0 Å². The van der Waals surface area contributed by atoms with Crippen LogP contribution >= 0.6 is 11.6 Å². The van der Waals surface area contributed by atoms with Gasteiger partial charge in [-0.3, -0.25) is 0 Å². The van der Waals surface area contributed by atoms with Crippen LogP contribution in [0.15, 0.2) is 12.3 Å². The van der Waals surface area contributed by atoms with E-state index in [1.807, 2.05) is 0 Å². The molecule has 0 N–H and O–H groups in total. The fraction of sp³-hybridized carbons (Fsp3) is 0.538. The van der Waals surface area contributed by atoms with Crippen molar-refractivity contribution in [2.24, 2.45) is 5.92 Å². The van der Waals surface area contributed by atoms with Crippen LogP contribution in [-0.2, 0) is 0 Å². The fourth-order valence-corrected chi connectivity index (χ4v) is 2.73. The zero-order chi connectivity index (χ0) is 12.4. The lowest BCUT2D eigenvalue weighted by molar-refractivity contribution is 0.489. The van der Waals surface area contributed by atoms with Crippen molar-refractivity contribution in [2.45, 2.75) is 32.7 Å². The maximum Gasteiger partial charge on any atom is 0.148 e. The molecule has 4 heteroatoms. The fourth-order valence-electron chi connectivity index (χ4n) is 2.47. The average molecular weight is 250 g/mol. The molecule has 1 fully saturated rings. The largest absolute Gasteiger partial charge is 0.352 e. The van der Waals surface area contributed by atoms with E-state index in [-0.39, 0.29) is 0 Å². The van der Waals surface area contributed by atoms with E-state index >= 15 is 0 Å². The summed E-state index contributed by atoms with van der Waals surface area (Å²) in [6.07, 6.45) is 4.00. The minimum Gasteiger partial charge on any atom is -0.352 e. The Balaban J connectivity index is 2.37. The lowest BCUT2D eigenvalue weighted by Crippen LogP contribution is -2.34. The zero-order valence-electron chi connectivity index (χ0n) is 10.2. The highest BCUT2D eigenvalue weighted by atomic mass is 35.5. The van der Waals surface area contributed by atoms with Crippen LogP contribution in [0, 0.1) is 17.2 Å². The summed E-state index contributed by atoms with van der Waals surface area (Å²) >= 11 is 6.23. The first-order valence-electron chi connectivity index (χ1n) is 5.96. The van der Waals surface area contributed by atoms with E-state index in [1.54, 1.807) is 12.3 Å². The Morgan fingerprint density at radius 3 is 3.00 bits per heavy atom. The minimum atomic E-state index is 0.481. The number of anilines is 1. The number of hydrogen-bond acceptors (Lipinski definition) is 3. The highest BCUT2D eigenvalue weighted by Gasteiger charge is 2.29. The molecule has 0 amide bonds. The molecule has 1 aromatic heterocycles. The molecule has 0 bridgehead atoms. The standard InChI is InChI=1S/C13H16ClN3/c1-9(2)11-4-3-7-17(11)13-12(14)10(8-15)5-6-16-13/h5-6,9,11H,3-4,7H2,1-2H3. The summed E-state index contributed by atoms with van der Waals surface area (Å²) in [4.78, 5) is 6.59. The van der Waals surface area contributed by atoms with Crippen LogP contribution in [0.5, 0.6) is 0 Å². The highest BCUT2D eigenvalue weighted by Crippen LogP contribution is 2.34. The van der Waals surface area contributed by atoms with Gasteiger partial charge in [0.05, 0.1) is 5.56 Å². The van der Waals surface area contributed by atoms with Crippen LogP contribution in [0.1, 0.15) is 32.3 Å². The summed E-state index contributed by atoms with van der Waals surface area (Å²) in [5, 5.41) is 9.47. The van der Waals surface area contributed by atoms with Crippen molar-refractivity contribution in [3.8, 4) is 6.07 Å². The smallest absolute Gasteiger partial charge is 0.148 e. The zero-order valence-corrected chi connectivity index (χ0v) is 10.9. The van der Waals surface area contributed by atoms with Crippen molar-refractivity contribution < 1.29 is 0 Å². The SMILES string of the molecule is CC(C)C1CCCN1c1nccc(C#N)c1Cl. The molecule has 1 saturated heterocycles. The first-order valence-corrected chi connectivity index (χ1v) is 6.34. The Morgan fingerprint density at radius 1 is 1.59 bits per heavy atom. The van der Waals surface area contributed by atoms with Gasteiger partial charge in [-0.15, -0.1) is 0 Å². The molecule has 1 aromatic rings. The number of pyridine rings is 1. The molecule has 1 unspecified atom stereocenters. The van der Waals surface area contributed by atoms with Crippen molar-refractivity contribution in [1.29, 1.82) is 5.26 Å². The number of rotatable bonds is 2. The Labute approximate surface area is 107 Å². The summed E-state index contributed by atoms with van der Waals surface area (Å²) < 4.78 is 0. The van der Waals surface area contributed by atoms with Crippen LogP contribution in [0.4, 0.5) is 5.82 Å². The maximum absolute atomic E-state index is 8.98.